The lowest BCUT2D eigenvalue weighted by atomic mass is 9.93. The molecular weight excluding hydrogens is 302 g/mol. The number of aryl methyl sites for hydroxylation is 2. The van der Waals surface area contributed by atoms with Gasteiger partial charge >= 0.3 is 0 Å². The van der Waals surface area contributed by atoms with Gasteiger partial charge in [0.05, 0.1) is 5.70 Å². The molecule has 128 valence electrons. The summed E-state index contributed by atoms with van der Waals surface area (Å²) < 4.78 is 0. The van der Waals surface area contributed by atoms with Crippen molar-refractivity contribution in [3.8, 4) is 11.1 Å². The highest BCUT2D eigenvalue weighted by Gasteiger charge is 2.09. The van der Waals surface area contributed by atoms with Crippen LogP contribution in [-0.4, -0.2) is 5.71 Å². The predicted molar refractivity (Wildman–Crippen MR) is 111 cm³/mol. The first kappa shape index (κ1) is 18.7. The van der Waals surface area contributed by atoms with Crippen molar-refractivity contribution in [1.82, 2.24) is 0 Å². The molecule has 1 nitrogen and oxygen atoms in total. The average Bonchev–Trinajstić information content (AvgIpc) is 2.59. The predicted octanol–water partition coefficient (Wildman–Crippen LogP) is 6.73. The van der Waals surface area contributed by atoms with Crippen molar-refractivity contribution in [3.63, 3.8) is 0 Å². The summed E-state index contributed by atoms with van der Waals surface area (Å²) in [6.07, 6.45) is 3.77. The van der Waals surface area contributed by atoms with Crippen LogP contribution in [0.5, 0.6) is 0 Å². The van der Waals surface area contributed by atoms with Gasteiger partial charge in [0.15, 0.2) is 0 Å². The normalized spacial score (nSPS) is 12.2. The molecule has 0 saturated heterocycles. The number of rotatable bonds is 5. The summed E-state index contributed by atoms with van der Waals surface area (Å²) in [6.45, 7) is 18.4. The van der Waals surface area contributed by atoms with E-state index >= 15 is 0 Å². The quantitative estimate of drug-likeness (QED) is 0.426. The van der Waals surface area contributed by atoms with Gasteiger partial charge in [0, 0.05) is 5.71 Å². The summed E-state index contributed by atoms with van der Waals surface area (Å²) in [5.74, 6) is 0. The fraction of sp³-hybridized carbons (Fsp3) is 0.208. The molecule has 0 N–H and O–H groups in total. The Morgan fingerprint density at radius 3 is 2.40 bits per heavy atom. The first-order valence-electron chi connectivity index (χ1n) is 8.60. The first-order valence-corrected chi connectivity index (χ1v) is 8.60. The molecule has 0 unspecified atom stereocenters. The number of allylic oxidation sites excluding steroid dienone is 2. The monoisotopic (exact) mass is 329 g/mol. The van der Waals surface area contributed by atoms with Crippen LogP contribution in [0, 0.1) is 20.8 Å². The zero-order chi connectivity index (χ0) is 18.6. The van der Waals surface area contributed by atoms with E-state index in [9.17, 15) is 0 Å². The summed E-state index contributed by atoms with van der Waals surface area (Å²) in [5.41, 5.74) is 10.2. The molecule has 0 aromatic heterocycles. The molecule has 0 spiro atoms. The molecule has 0 aliphatic heterocycles. The Bertz CT molecular complexity index is 879. The SMILES string of the molecule is C=C/C(=C\C)C(=C)N=C(C)c1cc(-c2cccc(C)c2C)ccc1C. The minimum atomic E-state index is 0.742. The van der Waals surface area contributed by atoms with Gasteiger partial charge in [-0.1, -0.05) is 55.6 Å². The molecule has 0 bridgehead atoms. The van der Waals surface area contributed by atoms with Crippen LogP contribution in [0.2, 0.25) is 0 Å². The van der Waals surface area contributed by atoms with Crippen molar-refractivity contribution in [3.05, 3.63) is 95.2 Å². The van der Waals surface area contributed by atoms with E-state index < -0.39 is 0 Å². The van der Waals surface area contributed by atoms with Crippen molar-refractivity contribution in [2.45, 2.75) is 34.6 Å². The van der Waals surface area contributed by atoms with Gasteiger partial charge in [-0.2, -0.15) is 0 Å². The van der Waals surface area contributed by atoms with E-state index in [1.54, 1.807) is 6.08 Å². The number of benzene rings is 2. The van der Waals surface area contributed by atoms with Crippen molar-refractivity contribution in [2.24, 2.45) is 4.99 Å². The molecule has 0 aliphatic carbocycles. The van der Waals surface area contributed by atoms with E-state index in [1.165, 1.54) is 27.8 Å². The molecule has 0 saturated carbocycles. The highest BCUT2D eigenvalue weighted by Crippen LogP contribution is 2.28. The van der Waals surface area contributed by atoms with Gasteiger partial charge in [0.25, 0.3) is 0 Å². The second-order valence-electron chi connectivity index (χ2n) is 6.37. The van der Waals surface area contributed by atoms with Gasteiger partial charge in [0.2, 0.25) is 0 Å². The molecule has 0 heterocycles. The second-order valence-corrected chi connectivity index (χ2v) is 6.37. The summed E-state index contributed by atoms with van der Waals surface area (Å²) in [5, 5.41) is 0. The third-order valence-electron chi connectivity index (χ3n) is 4.71. The molecule has 0 fully saturated rings. The van der Waals surface area contributed by atoms with Crippen LogP contribution in [0.15, 0.2) is 78.0 Å². The lowest BCUT2D eigenvalue weighted by molar-refractivity contribution is 1.31. The summed E-state index contributed by atoms with van der Waals surface area (Å²) in [4.78, 5) is 4.71. The maximum absolute atomic E-state index is 4.71. The van der Waals surface area contributed by atoms with Crippen LogP contribution < -0.4 is 0 Å². The van der Waals surface area contributed by atoms with Gasteiger partial charge in [-0.15, -0.1) is 0 Å². The molecule has 0 radical (unpaired) electrons. The molecule has 1 heteroatoms. The smallest absolute Gasteiger partial charge is 0.0630 e. The third-order valence-corrected chi connectivity index (χ3v) is 4.71. The zero-order valence-electron chi connectivity index (χ0n) is 16.0. The van der Waals surface area contributed by atoms with E-state index in [4.69, 9.17) is 4.99 Å². The highest BCUT2D eigenvalue weighted by atomic mass is 14.8. The molecular formula is C24H27N. The zero-order valence-corrected chi connectivity index (χ0v) is 16.0. The number of hydrogen-bond acceptors (Lipinski definition) is 1. The minimum absolute atomic E-state index is 0.742. The van der Waals surface area contributed by atoms with Gasteiger partial charge in [0.1, 0.15) is 0 Å². The Hall–Kier alpha value is -2.67. The molecule has 0 aliphatic rings. The Labute approximate surface area is 152 Å². The minimum Gasteiger partial charge on any atom is -0.253 e. The maximum Gasteiger partial charge on any atom is 0.0630 e. The Kier molecular flexibility index (Phi) is 5.93. The molecule has 2 aromatic carbocycles. The standard InChI is InChI=1S/C24H27N/c1-8-21(9-2)19(6)25-20(7)24-15-22(14-13-17(24)4)23-12-10-11-16(3)18(23)5/h8-15H,1,6H2,2-5,7H3/b21-9+,25-20?. The van der Waals surface area contributed by atoms with Crippen LogP contribution in [0.25, 0.3) is 11.1 Å². The molecule has 2 aromatic rings. The summed E-state index contributed by atoms with van der Waals surface area (Å²) in [7, 11) is 0. The number of hydrogen-bond donors (Lipinski definition) is 0. The molecule has 2 rings (SSSR count). The van der Waals surface area contributed by atoms with Gasteiger partial charge in [-0.25, -0.2) is 0 Å². The largest absolute Gasteiger partial charge is 0.253 e. The van der Waals surface area contributed by atoms with Crippen LogP contribution in [0.1, 0.15) is 36.1 Å². The number of nitrogens with zero attached hydrogens (tertiary/aromatic N) is 1. The summed E-state index contributed by atoms with van der Waals surface area (Å²) >= 11 is 0. The van der Waals surface area contributed by atoms with E-state index in [0.29, 0.717) is 0 Å². The van der Waals surface area contributed by atoms with Crippen LogP contribution >= 0.6 is 0 Å². The fourth-order valence-electron chi connectivity index (χ4n) is 2.97. The third kappa shape index (κ3) is 4.06. The van der Waals surface area contributed by atoms with Gasteiger partial charge in [-0.05, 0) is 79.6 Å². The topological polar surface area (TPSA) is 12.4 Å². The van der Waals surface area contributed by atoms with Crippen LogP contribution in [0.3, 0.4) is 0 Å². The summed E-state index contributed by atoms with van der Waals surface area (Å²) in [6, 6.07) is 13.0. The van der Waals surface area contributed by atoms with Crippen LogP contribution in [-0.2, 0) is 0 Å². The Morgan fingerprint density at radius 1 is 1.04 bits per heavy atom. The van der Waals surface area contributed by atoms with Crippen molar-refractivity contribution >= 4 is 5.71 Å². The van der Waals surface area contributed by atoms with E-state index in [1.807, 2.05) is 19.9 Å². The van der Waals surface area contributed by atoms with E-state index in [0.717, 1.165) is 22.5 Å². The lowest BCUT2D eigenvalue weighted by Gasteiger charge is -2.13. The Morgan fingerprint density at radius 2 is 1.76 bits per heavy atom. The van der Waals surface area contributed by atoms with Crippen molar-refractivity contribution in [1.29, 1.82) is 0 Å². The molecule has 0 atom stereocenters. The molecule has 25 heavy (non-hydrogen) atoms. The van der Waals surface area contributed by atoms with Crippen molar-refractivity contribution < 1.29 is 0 Å². The highest BCUT2D eigenvalue weighted by molar-refractivity contribution is 6.01. The van der Waals surface area contributed by atoms with Crippen LogP contribution in [0.4, 0.5) is 0 Å². The van der Waals surface area contributed by atoms with E-state index in [-0.39, 0.29) is 0 Å². The lowest BCUT2D eigenvalue weighted by Crippen LogP contribution is -2.00. The Balaban J connectivity index is 2.51. The fourth-order valence-corrected chi connectivity index (χ4v) is 2.97. The average molecular weight is 329 g/mol. The first-order chi connectivity index (χ1) is 11.9. The van der Waals surface area contributed by atoms with Crippen molar-refractivity contribution in [2.75, 3.05) is 0 Å². The number of aliphatic imine (C=N–C) groups is 1. The maximum atomic E-state index is 4.71. The second kappa shape index (κ2) is 7.94. The van der Waals surface area contributed by atoms with Gasteiger partial charge in [-0.3, -0.25) is 4.99 Å². The molecule has 0 amide bonds. The van der Waals surface area contributed by atoms with Gasteiger partial charge < -0.3 is 0 Å². The van der Waals surface area contributed by atoms with E-state index in [2.05, 4.69) is 70.3 Å².